The van der Waals surface area contributed by atoms with E-state index in [1.807, 2.05) is 91.0 Å². The van der Waals surface area contributed by atoms with Crippen LogP contribution in [0.15, 0.2) is 196 Å². The van der Waals surface area contributed by atoms with Gasteiger partial charge >= 0.3 is 19.5 Å². The van der Waals surface area contributed by atoms with Gasteiger partial charge in [0, 0.05) is 17.8 Å². The summed E-state index contributed by atoms with van der Waals surface area (Å²) in [6.07, 6.45) is 12.3. The van der Waals surface area contributed by atoms with Crippen molar-refractivity contribution in [2.75, 3.05) is 13.2 Å². The molecule has 0 radical (unpaired) electrons. The summed E-state index contributed by atoms with van der Waals surface area (Å²) in [5.74, 6) is -0.499. The number of nitrogens with zero attached hydrogens (tertiary/aromatic N) is 4. The average Bonchev–Trinajstić information content (AvgIpc) is 4.07. The van der Waals surface area contributed by atoms with Crippen LogP contribution in [0.5, 0.6) is 0 Å². The minimum absolute atomic E-state index is 0. The maximum Gasteiger partial charge on any atom is 2.00 e. The zero-order valence-electron chi connectivity index (χ0n) is 29.8. The van der Waals surface area contributed by atoms with Gasteiger partial charge in [-0.25, -0.2) is 15.0 Å². The van der Waals surface area contributed by atoms with Crippen molar-refractivity contribution in [2.45, 2.75) is 0 Å². The summed E-state index contributed by atoms with van der Waals surface area (Å²) in [7, 11) is 0. The van der Waals surface area contributed by atoms with Gasteiger partial charge in [0.05, 0.1) is 46.8 Å². The second kappa shape index (κ2) is 15.5. The first kappa shape index (κ1) is 35.6. The molecule has 7 nitrogen and oxygen atoms in total. The summed E-state index contributed by atoms with van der Waals surface area (Å²) in [4.78, 5) is 21.2. The number of aliphatic imine (C=N–C) groups is 3. The zero-order valence-corrected chi connectivity index (χ0v) is 32.7. The molecule has 8 bridgehead atoms. The second-order valence-electron chi connectivity index (χ2n) is 12.9. The Labute approximate surface area is 331 Å². The molecule has 4 aliphatic heterocycles. The third-order valence-corrected chi connectivity index (χ3v) is 9.53. The van der Waals surface area contributed by atoms with E-state index in [4.69, 9.17) is 29.8 Å². The summed E-state index contributed by atoms with van der Waals surface area (Å²) in [5, 5.41) is 23.0. The minimum atomic E-state index is -0.499. The molecule has 0 atom stereocenters. The van der Waals surface area contributed by atoms with Crippen molar-refractivity contribution in [1.82, 2.24) is 4.98 Å². The fourth-order valence-corrected chi connectivity index (χ4v) is 7.08. The van der Waals surface area contributed by atoms with Gasteiger partial charge in [-0.2, -0.15) is 0 Å². The normalized spacial score (nSPS) is 15.7. The van der Waals surface area contributed by atoms with Crippen molar-refractivity contribution >= 4 is 45.4 Å². The van der Waals surface area contributed by atoms with Crippen LogP contribution in [0.1, 0.15) is 28.1 Å². The Balaban J connectivity index is 0.00000427. The summed E-state index contributed by atoms with van der Waals surface area (Å²) >= 11 is 0. The van der Waals surface area contributed by atoms with E-state index in [2.05, 4.69) is 60.7 Å². The number of hydrogen-bond acceptors (Lipinski definition) is 6. The number of rotatable bonds is 6. The molecule has 0 spiro atoms. The molecule has 4 aliphatic rings. The Morgan fingerprint density at radius 3 is 1.40 bits per heavy atom. The number of hydrogen-bond donors (Lipinski definition) is 1. The molecule has 8 heteroatoms. The molecule has 1 N–H and O–H groups in total. The Hall–Kier alpha value is -6.47. The van der Waals surface area contributed by atoms with E-state index in [0.29, 0.717) is 5.22 Å². The quantitative estimate of drug-likeness (QED) is 0.218. The predicted molar refractivity (Wildman–Crippen MR) is 213 cm³/mol. The SMILES string of the molecule is [O-]C(OCCO)=c1ccc(=C2C3=NC(=C(c4ccccc4)C4=NC(=C(c5ccccc5)C5=NC(=C(c6ccccc6)c6ccc2[n-]6)C=C5)C=C4)C=C3)cc1.[Zn+2]. The first-order chi connectivity index (χ1) is 26.6. The van der Waals surface area contributed by atoms with Gasteiger partial charge in [-0.3, -0.25) is 0 Å². The summed E-state index contributed by atoms with van der Waals surface area (Å²) in [5.41, 5.74) is 12.8. The number of aliphatic hydroxyl groups is 1. The largest absolute Gasteiger partial charge is 2.00 e. The van der Waals surface area contributed by atoms with E-state index in [0.717, 1.165) is 89.8 Å². The smallest absolute Gasteiger partial charge is 0.657 e. The Bertz CT molecular complexity index is 2710. The number of aliphatic hydroxyl groups excluding tert-OH is 1. The number of ether oxygens (including phenoxy) is 1. The molecule has 5 heterocycles. The van der Waals surface area contributed by atoms with Gasteiger partial charge in [0.25, 0.3) is 0 Å². The first-order valence-corrected chi connectivity index (χ1v) is 17.7. The standard InChI is InChI=1S/C47H33N4O3.Zn/c52-28-29-54-47(53)34-18-16-33(17-19-34)46-41-26-24-39(50-41)44(31-12-6-2-7-13-31)37-22-20-35(48-37)43(30-10-4-1-5-11-30)36-21-23-38(49-36)45(32-14-8-3-9-15-32)40-25-27-42(46)51-40;/h1-27,52H,28-29H2,(H-,48,49,50,51,53);/q-1;+2/p-1. The van der Waals surface area contributed by atoms with Crippen LogP contribution < -0.4 is 20.5 Å². The molecule has 1 aromatic heterocycles. The summed E-state index contributed by atoms with van der Waals surface area (Å²) in [6.45, 7) is -0.304. The number of allylic oxidation sites excluding steroid dienone is 8. The first-order valence-electron chi connectivity index (χ1n) is 17.7. The van der Waals surface area contributed by atoms with E-state index in [9.17, 15) is 5.11 Å². The van der Waals surface area contributed by atoms with Crippen molar-refractivity contribution in [2.24, 2.45) is 15.0 Å². The van der Waals surface area contributed by atoms with Crippen molar-refractivity contribution in [3.63, 3.8) is 0 Å². The van der Waals surface area contributed by atoms with Crippen molar-refractivity contribution in [3.8, 4) is 0 Å². The van der Waals surface area contributed by atoms with Crippen molar-refractivity contribution in [1.29, 1.82) is 0 Å². The third kappa shape index (κ3) is 6.90. The zero-order chi connectivity index (χ0) is 36.4. The molecule has 55 heavy (non-hydrogen) atoms. The molecular weight excluding hydrogens is 734 g/mol. The number of aromatic nitrogens is 1. The molecule has 0 saturated heterocycles. The van der Waals surface area contributed by atoms with Gasteiger partial charge in [-0.1, -0.05) is 127 Å². The van der Waals surface area contributed by atoms with Crippen LogP contribution in [0.3, 0.4) is 0 Å². The molecule has 4 aromatic carbocycles. The van der Waals surface area contributed by atoms with Crippen LogP contribution >= 0.6 is 0 Å². The van der Waals surface area contributed by atoms with Crippen molar-refractivity contribution in [3.05, 3.63) is 219 Å². The Morgan fingerprint density at radius 2 is 0.927 bits per heavy atom. The van der Waals surface area contributed by atoms with Crippen molar-refractivity contribution < 1.29 is 34.4 Å². The van der Waals surface area contributed by atoms with E-state index < -0.39 is 5.95 Å². The molecule has 0 fully saturated rings. The fourth-order valence-electron chi connectivity index (χ4n) is 7.08. The maximum absolute atomic E-state index is 12.6. The van der Waals surface area contributed by atoms with Crippen LogP contribution in [0.2, 0.25) is 0 Å². The average molecular weight is 766 g/mol. The molecular formula is C47H32N4O3Zn. The van der Waals surface area contributed by atoms with Gasteiger partial charge in [0.1, 0.15) is 0 Å². The minimum Gasteiger partial charge on any atom is -0.657 e. The molecule has 9 rings (SSSR count). The van der Waals surface area contributed by atoms with E-state index in [1.165, 1.54) is 0 Å². The van der Waals surface area contributed by atoms with Crippen LogP contribution in [0, 0.1) is 0 Å². The number of fused-ring (bicyclic) bond motifs is 5. The molecule has 5 aromatic rings. The molecule has 0 amide bonds. The Morgan fingerprint density at radius 1 is 0.509 bits per heavy atom. The topological polar surface area (TPSA) is 104 Å². The number of benzene rings is 4. The maximum atomic E-state index is 12.6. The van der Waals surface area contributed by atoms with Gasteiger partial charge in [0.2, 0.25) is 0 Å². The van der Waals surface area contributed by atoms with Crippen LogP contribution in [-0.2, 0) is 24.2 Å². The molecule has 0 unspecified atom stereocenters. The fraction of sp³-hybridized carbons (Fsp3) is 0.0426. The third-order valence-electron chi connectivity index (χ3n) is 9.53. The van der Waals surface area contributed by atoms with Gasteiger partial charge in [-0.05, 0) is 74.7 Å². The van der Waals surface area contributed by atoms with Gasteiger partial charge in [-0.15, -0.1) is 11.4 Å². The summed E-state index contributed by atoms with van der Waals surface area (Å²) in [6, 6.07) is 41.9. The van der Waals surface area contributed by atoms with Gasteiger partial charge < -0.3 is 19.9 Å². The summed E-state index contributed by atoms with van der Waals surface area (Å²) < 4.78 is 5.17. The molecule has 0 saturated carbocycles. The van der Waals surface area contributed by atoms with E-state index in [-0.39, 0.29) is 32.7 Å². The van der Waals surface area contributed by atoms with Crippen LogP contribution in [0.4, 0.5) is 0 Å². The molecule has 0 aliphatic carbocycles. The second-order valence-corrected chi connectivity index (χ2v) is 12.9. The van der Waals surface area contributed by atoms with Crippen LogP contribution in [-0.4, -0.2) is 35.5 Å². The van der Waals surface area contributed by atoms with Gasteiger partial charge in [0.15, 0.2) is 0 Å². The van der Waals surface area contributed by atoms with E-state index in [1.54, 1.807) is 12.1 Å². The monoisotopic (exact) mass is 764 g/mol. The van der Waals surface area contributed by atoms with E-state index >= 15 is 0 Å². The molecule has 260 valence electrons. The predicted octanol–water partition coefficient (Wildman–Crippen LogP) is 5.90. The Kier molecular flexibility index (Phi) is 10.0. The van der Waals surface area contributed by atoms with Crippen LogP contribution in [0.25, 0.3) is 28.2 Å².